The van der Waals surface area contributed by atoms with E-state index in [1.54, 1.807) is 22.2 Å². The van der Waals surface area contributed by atoms with Crippen LogP contribution in [-0.4, -0.2) is 37.8 Å². The van der Waals surface area contributed by atoms with Crippen molar-refractivity contribution in [2.75, 3.05) is 13.1 Å². The summed E-state index contributed by atoms with van der Waals surface area (Å²) in [5, 5.41) is 14.3. The van der Waals surface area contributed by atoms with E-state index >= 15 is 0 Å². The lowest BCUT2D eigenvalue weighted by Gasteiger charge is -2.25. The lowest BCUT2D eigenvalue weighted by Crippen LogP contribution is -2.28. The molecule has 1 aliphatic heterocycles. The highest BCUT2D eigenvalue weighted by molar-refractivity contribution is 7.17. The zero-order chi connectivity index (χ0) is 14.9. The van der Waals surface area contributed by atoms with Crippen LogP contribution in [0.3, 0.4) is 0 Å². The Bertz CT molecular complexity index is 809. The van der Waals surface area contributed by atoms with Crippen molar-refractivity contribution in [3.63, 3.8) is 0 Å². The molecule has 3 aromatic rings. The fourth-order valence-electron chi connectivity index (χ4n) is 2.61. The van der Waals surface area contributed by atoms with Gasteiger partial charge in [-0.15, -0.1) is 10.2 Å². The average Bonchev–Trinajstić information content (AvgIpc) is 3.12. The quantitative estimate of drug-likeness (QED) is 0.739. The van der Waals surface area contributed by atoms with Crippen molar-refractivity contribution in [2.24, 2.45) is 0 Å². The van der Waals surface area contributed by atoms with Crippen LogP contribution in [0.15, 0.2) is 36.7 Å². The maximum absolute atomic E-state index is 6.23. The molecule has 3 heterocycles. The Kier molecular flexibility index (Phi) is 3.65. The first-order valence-electron chi connectivity index (χ1n) is 7.11. The zero-order valence-electron chi connectivity index (χ0n) is 11.8. The number of benzene rings is 1. The number of halogens is 1. The predicted molar refractivity (Wildman–Crippen MR) is 88.0 cm³/mol. The van der Waals surface area contributed by atoms with E-state index in [9.17, 15) is 0 Å². The Morgan fingerprint density at radius 2 is 2.18 bits per heavy atom. The molecule has 2 aromatic heterocycles. The van der Waals surface area contributed by atoms with Gasteiger partial charge in [-0.1, -0.05) is 47.2 Å². The number of hydrogen-bond donors (Lipinski definition) is 0. The van der Waals surface area contributed by atoms with E-state index in [1.807, 2.05) is 18.2 Å². The second-order valence-electron chi connectivity index (χ2n) is 5.27. The van der Waals surface area contributed by atoms with Crippen molar-refractivity contribution in [1.29, 1.82) is 0 Å². The van der Waals surface area contributed by atoms with E-state index in [2.05, 4.69) is 32.3 Å². The van der Waals surface area contributed by atoms with Crippen LogP contribution in [0.1, 0.15) is 17.0 Å². The standard InChI is InChI=1S/C15H14ClN5S/c16-13-4-2-1-3-12(13)9-20-7-5-11(6-8-20)14-19-21-10-17-18-15(21)22-14/h1-5,10H,6-9H2. The first-order valence-corrected chi connectivity index (χ1v) is 8.31. The molecule has 0 aliphatic carbocycles. The molecule has 0 unspecified atom stereocenters. The molecule has 0 atom stereocenters. The first kappa shape index (κ1) is 13.9. The third-order valence-electron chi connectivity index (χ3n) is 3.81. The minimum Gasteiger partial charge on any atom is -0.295 e. The molecule has 4 rings (SSSR count). The Hall–Kier alpha value is -1.76. The van der Waals surface area contributed by atoms with Gasteiger partial charge in [0.2, 0.25) is 4.96 Å². The van der Waals surface area contributed by atoms with E-state index in [0.29, 0.717) is 0 Å². The number of rotatable bonds is 3. The smallest absolute Gasteiger partial charge is 0.234 e. The maximum Gasteiger partial charge on any atom is 0.234 e. The van der Waals surface area contributed by atoms with Crippen molar-refractivity contribution in [3.05, 3.63) is 52.3 Å². The fraction of sp³-hybridized carbons (Fsp3) is 0.267. The molecule has 0 saturated carbocycles. The second-order valence-corrected chi connectivity index (χ2v) is 6.63. The highest BCUT2D eigenvalue weighted by atomic mass is 35.5. The summed E-state index contributed by atoms with van der Waals surface area (Å²) in [4.78, 5) is 3.24. The highest BCUT2D eigenvalue weighted by Crippen LogP contribution is 2.27. The fourth-order valence-corrected chi connectivity index (χ4v) is 3.69. The topological polar surface area (TPSA) is 46.3 Å². The Labute approximate surface area is 136 Å². The molecule has 1 aromatic carbocycles. The first-order chi connectivity index (χ1) is 10.8. The molecule has 5 nitrogen and oxygen atoms in total. The highest BCUT2D eigenvalue weighted by Gasteiger charge is 2.17. The maximum atomic E-state index is 6.23. The average molecular weight is 332 g/mol. The molecule has 0 fully saturated rings. The van der Waals surface area contributed by atoms with Crippen LogP contribution in [-0.2, 0) is 6.54 Å². The van der Waals surface area contributed by atoms with Crippen molar-refractivity contribution in [1.82, 2.24) is 24.7 Å². The number of fused-ring (bicyclic) bond motifs is 1. The van der Waals surface area contributed by atoms with Crippen molar-refractivity contribution in [2.45, 2.75) is 13.0 Å². The van der Waals surface area contributed by atoms with E-state index in [-0.39, 0.29) is 0 Å². The Morgan fingerprint density at radius 1 is 1.27 bits per heavy atom. The van der Waals surface area contributed by atoms with Crippen molar-refractivity contribution >= 4 is 33.5 Å². The molecule has 0 amide bonds. The molecule has 0 saturated heterocycles. The lowest BCUT2D eigenvalue weighted by molar-refractivity contribution is 0.294. The summed E-state index contributed by atoms with van der Waals surface area (Å²) in [6.07, 6.45) is 4.89. The van der Waals surface area contributed by atoms with Gasteiger partial charge in [0.25, 0.3) is 0 Å². The van der Waals surface area contributed by atoms with Gasteiger partial charge in [-0.3, -0.25) is 4.90 Å². The number of nitrogens with zero attached hydrogens (tertiary/aromatic N) is 5. The minimum absolute atomic E-state index is 0.839. The van der Waals surface area contributed by atoms with Gasteiger partial charge in [0.1, 0.15) is 11.3 Å². The predicted octanol–water partition coefficient (Wildman–Crippen LogP) is 3.13. The van der Waals surface area contributed by atoms with Crippen LogP contribution in [0.25, 0.3) is 10.5 Å². The zero-order valence-corrected chi connectivity index (χ0v) is 13.4. The molecule has 0 bridgehead atoms. The molecule has 0 radical (unpaired) electrons. The van der Waals surface area contributed by atoms with Gasteiger partial charge in [-0.25, -0.2) is 0 Å². The molecule has 112 valence electrons. The van der Waals surface area contributed by atoms with Crippen molar-refractivity contribution in [3.8, 4) is 0 Å². The molecular formula is C15H14ClN5S. The van der Waals surface area contributed by atoms with Gasteiger partial charge in [-0.05, 0) is 23.6 Å². The molecule has 0 spiro atoms. The summed E-state index contributed by atoms with van der Waals surface area (Å²) in [5.74, 6) is 0. The lowest BCUT2D eigenvalue weighted by atomic mass is 10.1. The minimum atomic E-state index is 0.839. The van der Waals surface area contributed by atoms with Gasteiger partial charge in [0, 0.05) is 24.7 Å². The monoisotopic (exact) mass is 331 g/mol. The number of hydrogen-bond acceptors (Lipinski definition) is 5. The summed E-state index contributed by atoms with van der Waals surface area (Å²) < 4.78 is 1.73. The SMILES string of the molecule is Clc1ccccc1CN1CC=C(c2nn3cnnc3s2)CC1. The van der Waals surface area contributed by atoms with Gasteiger partial charge in [-0.2, -0.15) is 9.61 Å². The van der Waals surface area contributed by atoms with Crippen LogP contribution in [0, 0.1) is 0 Å². The molecule has 7 heteroatoms. The Morgan fingerprint density at radius 3 is 2.95 bits per heavy atom. The third-order valence-corrected chi connectivity index (χ3v) is 5.16. The largest absolute Gasteiger partial charge is 0.295 e. The summed E-state index contributed by atoms with van der Waals surface area (Å²) in [5.41, 5.74) is 2.48. The van der Waals surface area contributed by atoms with E-state index < -0.39 is 0 Å². The van der Waals surface area contributed by atoms with Gasteiger partial charge < -0.3 is 0 Å². The molecule has 0 N–H and O–H groups in total. The normalized spacial score (nSPS) is 16.1. The third kappa shape index (κ3) is 2.65. The van der Waals surface area contributed by atoms with Gasteiger partial charge in [0.05, 0.1) is 0 Å². The van der Waals surface area contributed by atoms with Crippen LogP contribution >= 0.6 is 22.9 Å². The summed E-state index contributed by atoms with van der Waals surface area (Å²) in [7, 11) is 0. The number of aromatic nitrogens is 4. The Balaban J connectivity index is 1.48. The van der Waals surface area contributed by atoms with Gasteiger partial charge >= 0.3 is 0 Å². The van der Waals surface area contributed by atoms with Crippen LogP contribution in [0.4, 0.5) is 0 Å². The van der Waals surface area contributed by atoms with Crippen LogP contribution in [0.2, 0.25) is 5.02 Å². The van der Waals surface area contributed by atoms with E-state index in [1.165, 1.54) is 11.1 Å². The second kappa shape index (κ2) is 5.79. The molecule has 22 heavy (non-hydrogen) atoms. The summed E-state index contributed by atoms with van der Waals surface area (Å²) in [6, 6.07) is 8.03. The summed E-state index contributed by atoms with van der Waals surface area (Å²) >= 11 is 7.82. The van der Waals surface area contributed by atoms with Gasteiger partial charge in [0.15, 0.2) is 0 Å². The van der Waals surface area contributed by atoms with E-state index in [4.69, 9.17) is 11.6 Å². The van der Waals surface area contributed by atoms with Crippen molar-refractivity contribution < 1.29 is 0 Å². The molecule has 1 aliphatic rings. The molecular weight excluding hydrogens is 318 g/mol. The van der Waals surface area contributed by atoms with E-state index in [0.717, 1.165) is 41.0 Å². The van der Waals surface area contributed by atoms with Crippen LogP contribution in [0.5, 0.6) is 0 Å². The van der Waals surface area contributed by atoms with Crippen LogP contribution < -0.4 is 0 Å². The summed E-state index contributed by atoms with van der Waals surface area (Å²) in [6.45, 7) is 2.81.